The van der Waals surface area contributed by atoms with Crippen LogP contribution in [-0.2, 0) is 0 Å². The summed E-state index contributed by atoms with van der Waals surface area (Å²) in [4.78, 5) is 11.8. The van der Waals surface area contributed by atoms with Gasteiger partial charge in [0.05, 0.1) is 0 Å². The van der Waals surface area contributed by atoms with Crippen molar-refractivity contribution in [3.63, 3.8) is 0 Å². The van der Waals surface area contributed by atoms with Gasteiger partial charge < -0.3 is 0 Å². The van der Waals surface area contributed by atoms with Gasteiger partial charge in [0.25, 0.3) is 0 Å². The van der Waals surface area contributed by atoms with Crippen LogP contribution in [0.4, 0.5) is 0 Å². The first-order valence-electron chi connectivity index (χ1n) is 6.34. The second-order valence-electron chi connectivity index (χ2n) is 5.00. The van der Waals surface area contributed by atoms with E-state index in [1.807, 2.05) is 12.1 Å². The first-order valence-corrected chi connectivity index (χ1v) is 6.34. The maximum Gasteiger partial charge on any atom is 0.163 e. The summed E-state index contributed by atoms with van der Waals surface area (Å²) < 4.78 is 0. The van der Waals surface area contributed by atoms with E-state index in [1.54, 1.807) is 0 Å². The Morgan fingerprint density at radius 3 is 2.44 bits per heavy atom. The number of Topliss-reactive ketones (excluding diaryl/α,β-unsaturated/α-hetero) is 1. The zero-order chi connectivity index (χ0) is 11.5. The van der Waals surface area contributed by atoms with Crippen molar-refractivity contribution in [2.75, 3.05) is 0 Å². The molecule has 0 N–H and O–H groups in total. The third-order valence-corrected chi connectivity index (χ3v) is 3.59. The number of carbonyl (C=O) groups excluding carboxylic acids is 1. The Bertz CT molecular complexity index is 360. The smallest absolute Gasteiger partial charge is 0.163 e. The molecule has 1 aliphatic carbocycles. The van der Waals surface area contributed by atoms with Crippen molar-refractivity contribution in [1.29, 1.82) is 0 Å². The molecule has 0 heterocycles. The van der Waals surface area contributed by atoms with Crippen LogP contribution >= 0.6 is 0 Å². The summed E-state index contributed by atoms with van der Waals surface area (Å²) in [5, 5.41) is 0. The Hall–Kier alpha value is -1.11. The first kappa shape index (κ1) is 11.4. The number of rotatable bonds is 5. The molecule has 0 saturated heterocycles. The zero-order valence-electron chi connectivity index (χ0n) is 10.2. The van der Waals surface area contributed by atoms with Crippen LogP contribution in [0.3, 0.4) is 0 Å². The predicted octanol–water partition coefficient (Wildman–Crippen LogP) is 4.18. The Balaban J connectivity index is 2.02. The molecule has 1 unspecified atom stereocenters. The van der Waals surface area contributed by atoms with Gasteiger partial charge in [-0.25, -0.2) is 0 Å². The van der Waals surface area contributed by atoms with Gasteiger partial charge in [0.2, 0.25) is 0 Å². The van der Waals surface area contributed by atoms with Gasteiger partial charge in [-0.1, -0.05) is 38.1 Å². The number of ketones is 1. The third-order valence-electron chi connectivity index (χ3n) is 3.59. The molecule has 1 aromatic carbocycles. The van der Waals surface area contributed by atoms with Crippen LogP contribution in [0, 0.1) is 5.92 Å². The van der Waals surface area contributed by atoms with E-state index in [0.717, 1.165) is 18.4 Å². The Labute approximate surface area is 97.9 Å². The second-order valence-corrected chi connectivity index (χ2v) is 5.00. The SMILES string of the molecule is CCC(C)c1ccc(C(=O)CC2CC2)cc1. The van der Waals surface area contributed by atoms with Crippen molar-refractivity contribution < 1.29 is 4.79 Å². The topological polar surface area (TPSA) is 17.1 Å². The lowest BCUT2D eigenvalue weighted by atomic mass is 9.96. The van der Waals surface area contributed by atoms with Gasteiger partial charge >= 0.3 is 0 Å². The summed E-state index contributed by atoms with van der Waals surface area (Å²) in [5.74, 6) is 1.59. The third kappa shape index (κ3) is 2.72. The predicted molar refractivity (Wildman–Crippen MR) is 66.8 cm³/mol. The zero-order valence-corrected chi connectivity index (χ0v) is 10.2. The highest BCUT2D eigenvalue weighted by Gasteiger charge is 2.24. The normalized spacial score (nSPS) is 17.1. The molecule has 0 spiro atoms. The Morgan fingerprint density at radius 2 is 1.94 bits per heavy atom. The number of hydrogen-bond donors (Lipinski definition) is 0. The number of carbonyl (C=O) groups is 1. The molecular formula is C15H20O. The second kappa shape index (κ2) is 4.82. The molecule has 1 saturated carbocycles. The standard InChI is InChI=1S/C15H20O/c1-3-11(2)13-6-8-14(9-7-13)15(16)10-12-4-5-12/h6-9,11-12H,3-5,10H2,1-2H3. The molecule has 0 amide bonds. The van der Waals surface area contributed by atoms with Crippen molar-refractivity contribution in [3.05, 3.63) is 35.4 Å². The fourth-order valence-electron chi connectivity index (χ4n) is 1.94. The largest absolute Gasteiger partial charge is 0.294 e. The molecule has 1 fully saturated rings. The quantitative estimate of drug-likeness (QED) is 0.675. The van der Waals surface area contributed by atoms with E-state index in [4.69, 9.17) is 0 Å². The van der Waals surface area contributed by atoms with Gasteiger partial charge in [0, 0.05) is 12.0 Å². The van der Waals surface area contributed by atoms with E-state index >= 15 is 0 Å². The molecule has 0 aliphatic heterocycles. The summed E-state index contributed by atoms with van der Waals surface area (Å²) in [7, 11) is 0. The maximum atomic E-state index is 11.8. The average Bonchev–Trinajstić information content (AvgIpc) is 3.12. The van der Waals surface area contributed by atoms with Crippen LogP contribution in [0.15, 0.2) is 24.3 Å². The van der Waals surface area contributed by atoms with E-state index in [0.29, 0.717) is 17.6 Å². The molecule has 1 atom stereocenters. The minimum Gasteiger partial charge on any atom is -0.294 e. The molecule has 1 heteroatoms. The minimum atomic E-state index is 0.318. The fraction of sp³-hybridized carbons (Fsp3) is 0.533. The number of benzene rings is 1. The Kier molecular flexibility index (Phi) is 3.42. The molecule has 86 valence electrons. The van der Waals surface area contributed by atoms with Crippen LogP contribution in [-0.4, -0.2) is 5.78 Å². The highest BCUT2D eigenvalue weighted by Crippen LogP contribution is 2.33. The summed E-state index contributed by atoms with van der Waals surface area (Å²) in [6.45, 7) is 4.41. The lowest BCUT2D eigenvalue weighted by molar-refractivity contribution is 0.0976. The molecule has 1 nitrogen and oxygen atoms in total. The van der Waals surface area contributed by atoms with E-state index in [1.165, 1.54) is 18.4 Å². The first-order chi connectivity index (χ1) is 7.70. The van der Waals surface area contributed by atoms with Gasteiger partial charge in [-0.15, -0.1) is 0 Å². The molecular weight excluding hydrogens is 196 g/mol. The molecule has 1 aliphatic rings. The van der Waals surface area contributed by atoms with Gasteiger partial charge in [-0.2, -0.15) is 0 Å². The molecule has 0 radical (unpaired) electrons. The van der Waals surface area contributed by atoms with Crippen LogP contribution in [0.5, 0.6) is 0 Å². The maximum absolute atomic E-state index is 11.8. The fourth-order valence-corrected chi connectivity index (χ4v) is 1.94. The van der Waals surface area contributed by atoms with Gasteiger partial charge in [0.15, 0.2) is 5.78 Å². The van der Waals surface area contributed by atoms with Crippen molar-refractivity contribution in [1.82, 2.24) is 0 Å². The minimum absolute atomic E-state index is 0.318. The van der Waals surface area contributed by atoms with E-state index in [2.05, 4.69) is 26.0 Å². The van der Waals surface area contributed by atoms with Crippen LogP contribution in [0.25, 0.3) is 0 Å². The van der Waals surface area contributed by atoms with Crippen molar-refractivity contribution >= 4 is 5.78 Å². The van der Waals surface area contributed by atoms with Crippen LogP contribution in [0.2, 0.25) is 0 Å². The lowest BCUT2D eigenvalue weighted by Crippen LogP contribution is -2.00. The summed E-state index contributed by atoms with van der Waals surface area (Å²) >= 11 is 0. The summed E-state index contributed by atoms with van der Waals surface area (Å²) in [5.41, 5.74) is 2.23. The van der Waals surface area contributed by atoms with Gasteiger partial charge in [-0.05, 0) is 36.7 Å². The summed E-state index contributed by atoms with van der Waals surface area (Å²) in [6.07, 6.45) is 4.39. The Morgan fingerprint density at radius 1 is 1.31 bits per heavy atom. The van der Waals surface area contributed by atoms with Crippen molar-refractivity contribution in [2.24, 2.45) is 5.92 Å². The highest BCUT2D eigenvalue weighted by atomic mass is 16.1. The van der Waals surface area contributed by atoms with Crippen LogP contribution in [0.1, 0.15) is 61.4 Å². The monoisotopic (exact) mass is 216 g/mol. The van der Waals surface area contributed by atoms with Crippen molar-refractivity contribution in [2.45, 2.75) is 45.4 Å². The lowest BCUT2D eigenvalue weighted by Gasteiger charge is -2.09. The van der Waals surface area contributed by atoms with Gasteiger partial charge in [-0.3, -0.25) is 4.79 Å². The molecule has 0 aromatic heterocycles. The van der Waals surface area contributed by atoms with Crippen LogP contribution < -0.4 is 0 Å². The molecule has 1 aromatic rings. The van der Waals surface area contributed by atoms with Crippen molar-refractivity contribution in [3.8, 4) is 0 Å². The molecule has 16 heavy (non-hydrogen) atoms. The highest BCUT2D eigenvalue weighted by molar-refractivity contribution is 5.96. The van der Waals surface area contributed by atoms with E-state index in [-0.39, 0.29) is 0 Å². The summed E-state index contributed by atoms with van der Waals surface area (Å²) in [6, 6.07) is 8.20. The van der Waals surface area contributed by atoms with Gasteiger partial charge in [0.1, 0.15) is 0 Å². The molecule has 0 bridgehead atoms. The van der Waals surface area contributed by atoms with E-state index < -0.39 is 0 Å². The number of hydrogen-bond acceptors (Lipinski definition) is 1. The average molecular weight is 216 g/mol. The van der Waals surface area contributed by atoms with E-state index in [9.17, 15) is 4.79 Å². The molecule has 2 rings (SSSR count).